The van der Waals surface area contributed by atoms with E-state index in [-0.39, 0.29) is 23.6 Å². The van der Waals surface area contributed by atoms with Crippen molar-refractivity contribution in [3.05, 3.63) is 29.6 Å². The van der Waals surface area contributed by atoms with E-state index in [1.807, 2.05) is 0 Å². The number of nitrogens with two attached hydrogens (primary N) is 1. The highest BCUT2D eigenvalue weighted by Gasteiger charge is 2.15. The quantitative estimate of drug-likeness (QED) is 0.810. The molecular weight excluding hydrogens is 263 g/mol. The highest BCUT2D eigenvalue weighted by molar-refractivity contribution is 5.94. The number of ether oxygens (including phenoxy) is 1. The number of carbonyl (C=O) groups is 2. The van der Waals surface area contributed by atoms with Gasteiger partial charge in [0.2, 0.25) is 5.91 Å². The highest BCUT2D eigenvalue weighted by Crippen LogP contribution is 2.18. The third-order valence-electron chi connectivity index (χ3n) is 2.66. The molecule has 0 aliphatic heterocycles. The Morgan fingerprint density at radius 2 is 2.05 bits per heavy atom. The largest absolute Gasteiger partial charge is 0.465 e. The summed E-state index contributed by atoms with van der Waals surface area (Å²) in [7, 11) is 1.23. The minimum atomic E-state index is -0.613. The Morgan fingerprint density at radius 1 is 1.40 bits per heavy atom. The maximum atomic E-state index is 13.6. The molecule has 0 aliphatic rings. The van der Waals surface area contributed by atoms with Gasteiger partial charge < -0.3 is 15.8 Å². The summed E-state index contributed by atoms with van der Waals surface area (Å²) in [5, 5.41) is 2.42. The number of esters is 1. The summed E-state index contributed by atoms with van der Waals surface area (Å²) in [5.41, 5.74) is 5.43. The summed E-state index contributed by atoms with van der Waals surface area (Å²) in [5.74, 6) is -1.56. The van der Waals surface area contributed by atoms with E-state index in [1.165, 1.54) is 19.2 Å². The lowest BCUT2D eigenvalue weighted by Crippen LogP contribution is -2.33. The molecule has 1 amide bonds. The predicted octanol–water partition coefficient (Wildman–Crippen LogP) is 2.07. The van der Waals surface area contributed by atoms with Crippen molar-refractivity contribution in [3.63, 3.8) is 0 Å². The number of carbonyl (C=O) groups excluding carboxylic acids is 2. The first-order valence-electron chi connectivity index (χ1n) is 6.19. The molecule has 0 aromatic heterocycles. The van der Waals surface area contributed by atoms with Crippen LogP contribution in [0.5, 0.6) is 0 Å². The van der Waals surface area contributed by atoms with E-state index in [2.05, 4.69) is 10.1 Å². The minimum Gasteiger partial charge on any atom is -0.465 e. The van der Waals surface area contributed by atoms with Crippen molar-refractivity contribution in [2.75, 3.05) is 12.4 Å². The van der Waals surface area contributed by atoms with E-state index in [9.17, 15) is 14.0 Å². The van der Waals surface area contributed by atoms with Gasteiger partial charge in [0.05, 0.1) is 18.4 Å². The second kappa shape index (κ2) is 6.47. The van der Waals surface area contributed by atoms with Crippen LogP contribution in [0.3, 0.4) is 0 Å². The summed E-state index contributed by atoms with van der Waals surface area (Å²) < 4.78 is 18.1. The van der Waals surface area contributed by atoms with E-state index in [0.717, 1.165) is 6.07 Å². The number of amides is 1. The Balaban J connectivity index is 2.76. The van der Waals surface area contributed by atoms with Crippen LogP contribution in [0.25, 0.3) is 0 Å². The fourth-order valence-corrected chi connectivity index (χ4v) is 1.51. The fourth-order valence-electron chi connectivity index (χ4n) is 1.51. The molecule has 1 aromatic rings. The Bertz CT molecular complexity index is 510. The second-order valence-electron chi connectivity index (χ2n) is 5.22. The van der Waals surface area contributed by atoms with E-state index >= 15 is 0 Å². The fraction of sp³-hybridized carbons (Fsp3) is 0.429. The minimum absolute atomic E-state index is 0.0484. The van der Waals surface area contributed by atoms with E-state index in [0.29, 0.717) is 6.42 Å². The monoisotopic (exact) mass is 282 g/mol. The number of rotatable bonds is 5. The van der Waals surface area contributed by atoms with E-state index in [1.54, 1.807) is 13.8 Å². The summed E-state index contributed by atoms with van der Waals surface area (Å²) in [6.07, 6.45) is 0.641. The Morgan fingerprint density at radius 3 is 2.60 bits per heavy atom. The summed E-state index contributed by atoms with van der Waals surface area (Å²) in [6.45, 7) is 3.61. The van der Waals surface area contributed by atoms with Crippen LogP contribution in [0.2, 0.25) is 0 Å². The molecule has 0 bridgehead atoms. The van der Waals surface area contributed by atoms with E-state index < -0.39 is 17.3 Å². The zero-order valence-corrected chi connectivity index (χ0v) is 11.8. The van der Waals surface area contributed by atoms with Gasteiger partial charge in [0.1, 0.15) is 5.82 Å². The van der Waals surface area contributed by atoms with Crippen LogP contribution in [0.15, 0.2) is 18.2 Å². The van der Waals surface area contributed by atoms with Gasteiger partial charge in [-0.25, -0.2) is 9.18 Å². The topological polar surface area (TPSA) is 81.4 Å². The first kappa shape index (κ1) is 16.1. The van der Waals surface area contributed by atoms with Crippen molar-refractivity contribution in [2.45, 2.75) is 32.2 Å². The second-order valence-corrected chi connectivity index (χ2v) is 5.22. The SMILES string of the molecule is COC(=O)c1ccc(F)c(NC(=O)CCC(C)(C)N)c1. The van der Waals surface area contributed by atoms with Gasteiger partial charge in [-0.1, -0.05) is 0 Å². The zero-order chi connectivity index (χ0) is 15.3. The Labute approximate surface area is 117 Å². The maximum Gasteiger partial charge on any atom is 0.337 e. The molecule has 1 aromatic carbocycles. The lowest BCUT2D eigenvalue weighted by molar-refractivity contribution is -0.116. The van der Waals surface area contributed by atoms with Crippen molar-refractivity contribution >= 4 is 17.6 Å². The average Bonchev–Trinajstić information content (AvgIpc) is 2.37. The lowest BCUT2D eigenvalue weighted by Gasteiger charge is -2.17. The molecule has 0 saturated heterocycles. The maximum absolute atomic E-state index is 13.6. The molecule has 20 heavy (non-hydrogen) atoms. The van der Waals surface area contributed by atoms with Crippen LogP contribution in [0.1, 0.15) is 37.0 Å². The van der Waals surface area contributed by atoms with Crippen molar-refractivity contribution in [2.24, 2.45) is 5.73 Å². The van der Waals surface area contributed by atoms with Gasteiger partial charge in [0, 0.05) is 12.0 Å². The van der Waals surface area contributed by atoms with Crippen LogP contribution in [0, 0.1) is 5.82 Å². The van der Waals surface area contributed by atoms with Crippen LogP contribution in [-0.2, 0) is 9.53 Å². The third-order valence-corrected chi connectivity index (χ3v) is 2.66. The van der Waals surface area contributed by atoms with Crippen molar-refractivity contribution < 1.29 is 18.7 Å². The van der Waals surface area contributed by atoms with Crippen LogP contribution in [0.4, 0.5) is 10.1 Å². The standard InChI is InChI=1S/C14H19FN2O3/c1-14(2,16)7-6-12(18)17-11-8-9(13(19)20-3)4-5-10(11)15/h4-5,8H,6-7,16H2,1-3H3,(H,17,18). The Kier molecular flexibility index (Phi) is 5.21. The average molecular weight is 282 g/mol. The van der Waals surface area contributed by atoms with Crippen molar-refractivity contribution in [3.8, 4) is 0 Å². The van der Waals surface area contributed by atoms with E-state index in [4.69, 9.17) is 5.73 Å². The number of benzene rings is 1. The number of hydrogen-bond acceptors (Lipinski definition) is 4. The molecule has 0 radical (unpaired) electrons. The van der Waals surface area contributed by atoms with Gasteiger partial charge in [-0.05, 0) is 38.5 Å². The van der Waals surface area contributed by atoms with Crippen molar-refractivity contribution in [1.29, 1.82) is 0 Å². The molecule has 0 aliphatic carbocycles. The van der Waals surface area contributed by atoms with Gasteiger partial charge in [0.15, 0.2) is 0 Å². The van der Waals surface area contributed by atoms with Gasteiger partial charge >= 0.3 is 5.97 Å². The molecule has 0 spiro atoms. The van der Waals surface area contributed by atoms with Gasteiger partial charge in [-0.3, -0.25) is 4.79 Å². The Hall–Kier alpha value is -1.95. The molecule has 1 rings (SSSR count). The van der Waals surface area contributed by atoms with Gasteiger partial charge in [-0.15, -0.1) is 0 Å². The van der Waals surface area contributed by atoms with Gasteiger partial charge in [-0.2, -0.15) is 0 Å². The summed E-state index contributed by atoms with van der Waals surface area (Å²) in [6, 6.07) is 3.64. The molecule has 0 atom stereocenters. The smallest absolute Gasteiger partial charge is 0.337 e. The molecule has 0 saturated carbocycles. The molecular formula is C14H19FN2O3. The molecule has 0 unspecified atom stereocenters. The van der Waals surface area contributed by atoms with Crippen LogP contribution >= 0.6 is 0 Å². The molecule has 5 nitrogen and oxygen atoms in total. The zero-order valence-electron chi connectivity index (χ0n) is 11.8. The molecule has 0 heterocycles. The number of nitrogens with one attached hydrogen (secondary N) is 1. The molecule has 6 heteroatoms. The molecule has 110 valence electrons. The number of anilines is 1. The van der Waals surface area contributed by atoms with Crippen LogP contribution < -0.4 is 11.1 Å². The first-order chi connectivity index (χ1) is 9.23. The lowest BCUT2D eigenvalue weighted by atomic mass is 10.00. The predicted molar refractivity (Wildman–Crippen MR) is 73.9 cm³/mol. The molecule has 0 fully saturated rings. The number of hydrogen-bond donors (Lipinski definition) is 2. The number of halogens is 1. The summed E-state index contributed by atoms with van der Waals surface area (Å²) >= 11 is 0. The molecule has 3 N–H and O–H groups in total. The normalized spacial score (nSPS) is 11.1. The van der Waals surface area contributed by atoms with Gasteiger partial charge in [0.25, 0.3) is 0 Å². The first-order valence-corrected chi connectivity index (χ1v) is 6.19. The summed E-state index contributed by atoms with van der Waals surface area (Å²) in [4.78, 5) is 23.1. The van der Waals surface area contributed by atoms with Crippen molar-refractivity contribution in [1.82, 2.24) is 0 Å². The third kappa shape index (κ3) is 4.97. The van der Waals surface area contributed by atoms with Crippen LogP contribution in [-0.4, -0.2) is 24.5 Å². The number of methoxy groups -OCH3 is 1. The highest BCUT2D eigenvalue weighted by atomic mass is 19.1.